The standard InChI is InChI=1S/C8H17NO2.C8H16O3.2CH4/c1-4-7(2)11-6-5-8(10)9-3;1-4-7(2)11-6-5-8(9)10-3;;/h7H,4-6H2,1-3H3,(H,9,10);7H,4-6H2,1-3H3;2*1H4. The van der Waals surface area contributed by atoms with Gasteiger partial charge < -0.3 is 19.5 Å². The molecule has 2 atom stereocenters. The van der Waals surface area contributed by atoms with E-state index in [1.807, 2.05) is 20.8 Å². The van der Waals surface area contributed by atoms with Crippen LogP contribution in [-0.2, 0) is 23.8 Å². The predicted molar refractivity (Wildman–Crippen MR) is 100 cm³/mol. The Labute approximate surface area is 149 Å². The van der Waals surface area contributed by atoms with E-state index in [0.717, 1.165) is 12.8 Å². The van der Waals surface area contributed by atoms with Gasteiger partial charge in [0.15, 0.2) is 0 Å². The van der Waals surface area contributed by atoms with Crippen LogP contribution in [0, 0.1) is 0 Å². The minimum absolute atomic E-state index is 0. The van der Waals surface area contributed by atoms with Gasteiger partial charge in [-0.1, -0.05) is 28.7 Å². The predicted octanol–water partition coefficient (Wildman–Crippen LogP) is 3.57. The summed E-state index contributed by atoms with van der Waals surface area (Å²) in [4.78, 5) is 21.3. The Kier molecular flexibility index (Phi) is 28.0. The lowest BCUT2D eigenvalue weighted by molar-refractivity contribution is -0.142. The molecule has 6 nitrogen and oxygen atoms in total. The zero-order chi connectivity index (χ0) is 17.4. The highest BCUT2D eigenvalue weighted by Gasteiger charge is 2.02. The van der Waals surface area contributed by atoms with Crippen molar-refractivity contribution in [2.75, 3.05) is 27.4 Å². The molecule has 0 fully saturated rings. The number of nitrogens with one attached hydrogen (secondary N) is 1. The molecule has 0 aromatic heterocycles. The molecule has 0 aliphatic carbocycles. The third-order valence-corrected chi connectivity index (χ3v) is 3.10. The van der Waals surface area contributed by atoms with Gasteiger partial charge in [-0.05, 0) is 26.7 Å². The molecule has 1 amide bonds. The SMILES string of the molecule is C.C.CCC(C)OCCC(=O)NC.CCC(C)OCCC(=O)OC. The van der Waals surface area contributed by atoms with Crippen molar-refractivity contribution in [2.45, 2.75) is 80.4 Å². The first kappa shape index (κ1) is 30.7. The zero-order valence-corrected chi connectivity index (χ0v) is 14.9. The molecule has 0 saturated carbocycles. The van der Waals surface area contributed by atoms with Crippen molar-refractivity contribution >= 4 is 11.9 Å². The number of ether oxygens (including phenoxy) is 3. The van der Waals surface area contributed by atoms with Gasteiger partial charge in [0.05, 0.1) is 39.0 Å². The molecule has 0 aliphatic rings. The van der Waals surface area contributed by atoms with Gasteiger partial charge in [0.2, 0.25) is 5.91 Å². The Bertz CT molecular complexity index is 257. The lowest BCUT2D eigenvalue weighted by Crippen LogP contribution is -2.20. The molecule has 0 bridgehead atoms. The summed E-state index contributed by atoms with van der Waals surface area (Å²) in [5, 5.41) is 2.54. The highest BCUT2D eigenvalue weighted by Crippen LogP contribution is 1.97. The van der Waals surface area contributed by atoms with Crippen LogP contribution in [0.1, 0.15) is 68.2 Å². The molecular formula is C18H41NO5. The maximum atomic E-state index is 10.7. The highest BCUT2D eigenvalue weighted by molar-refractivity contribution is 5.75. The van der Waals surface area contributed by atoms with Crippen molar-refractivity contribution in [3.8, 4) is 0 Å². The highest BCUT2D eigenvalue weighted by atomic mass is 16.5. The Hall–Kier alpha value is -1.14. The fourth-order valence-electron chi connectivity index (χ4n) is 1.16. The molecule has 0 aromatic rings. The van der Waals surface area contributed by atoms with Gasteiger partial charge in [-0.3, -0.25) is 9.59 Å². The van der Waals surface area contributed by atoms with E-state index < -0.39 is 0 Å². The minimum atomic E-state index is -0.215. The van der Waals surface area contributed by atoms with Gasteiger partial charge in [-0.15, -0.1) is 0 Å². The molecular weight excluding hydrogens is 310 g/mol. The first-order valence-electron chi connectivity index (χ1n) is 7.91. The van der Waals surface area contributed by atoms with E-state index in [0.29, 0.717) is 26.1 Å². The van der Waals surface area contributed by atoms with E-state index in [-0.39, 0.29) is 38.9 Å². The maximum Gasteiger partial charge on any atom is 0.307 e. The lowest BCUT2D eigenvalue weighted by atomic mass is 10.3. The fraction of sp³-hybridized carbons (Fsp3) is 0.889. The van der Waals surface area contributed by atoms with Crippen LogP contribution in [0.25, 0.3) is 0 Å². The first-order chi connectivity index (χ1) is 10.4. The minimum Gasteiger partial charge on any atom is -0.469 e. The van der Waals surface area contributed by atoms with Gasteiger partial charge in [0, 0.05) is 13.5 Å². The van der Waals surface area contributed by atoms with Gasteiger partial charge in [-0.25, -0.2) is 0 Å². The third kappa shape index (κ3) is 23.1. The Morgan fingerprint density at radius 2 is 1.33 bits per heavy atom. The number of amides is 1. The molecule has 0 aliphatic heterocycles. The van der Waals surface area contributed by atoms with Crippen LogP contribution >= 0.6 is 0 Å². The molecule has 0 rings (SSSR count). The van der Waals surface area contributed by atoms with Crippen molar-refractivity contribution in [1.82, 2.24) is 5.32 Å². The van der Waals surface area contributed by atoms with Crippen LogP contribution in [0.15, 0.2) is 0 Å². The van der Waals surface area contributed by atoms with Crippen molar-refractivity contribution < 1.29 is 23.8 Å². The first-order valence-corrected chi connectivity index (χ1v) is 7.91. The van der Waals surface area contributed by atoms with Gasteiger partial charge in [0.25, 0.3) is 0 Å². The molecule has 1 N–H and O–H groups in total. The van der Waals surface area contributed by atoms with Crippen LogP contribution in [0.2, 0.25) is 0 Å². The summed E-state index contributed by atoms with van der Waals surface area (Å²) in [6, 6.07) is 0. The van der Waals surface area contributed by atoms with Gasteiger partial charge in [0.1, 0.15) is 0 Å². The lowest BCUT2D eigenvalue weighted by Gasteiger charge is -2.09. The number of hydrogen-bond donors (Lipinski definition) is 1. The second-order valence-corrected chi connectivity index (χ2v) is 4.93. The van der Waals surface area contributed by atoms with Crippen LogP contribution < -0.4 is 5.32 Å². The van der Waals surface area contributed by atoms with Crippen molar-refractivity contribution in [3.05, 3.63) is 0 Å². The smallest absolute Gasteiger partial charge is 0.307 e. The van der Waals surface area contributed by atoms with Crippen LogP contribution in [-0.4, -0.2) is 51.5 Å². The van der Waals surface area contributed by atoms with Gasteiger partial charge in [-0.2, -0.15) is 0 Å². The van der Waals surface area contributed by atoms with E-state index in [1.165, 1.54) is 7.11 Å². The fourth-order valence-corrected chi connectivity index (χ4v) is 1.16. The number of carbonyl (C=O) groups excluding carboxylic acids is 2. The number of rotatable bonds is 10. The summed E-state index contributed by atoms with van der Waals surface area (Å²) in [5.41, 5.74) is 0. The van der Waals surface area contributed by atoms with Crippen molar-refractivity contribution in [1.29, 1.82) is 0 Å². The topological polar surface area (TPSA) is 73.9 Å². The van der Waals surface area contributed by atoms with E-state index in [2.05, 4.69) is 17.0 Å². The number of esters is 1. The average molecular weight is 352 g/mol. The third-order valence-electron chi connectivity index (χ3n) is 3.10. The second-order valence-electron chi connectivity index (χ2n) is 4.93. The van der Waals surface area contributed by atoms with E-state index in [9.17, 15) is 9.59 Å². The molecule has 0 spiro atoms. The summed E-state index contributed by atoms with van der Waals surface area (Å²) in [6.45, 7) is 9.07. The van der Waals surface area contributed by atoms with E-state index >= 15 is 0 Å². The molecule has 0 radical (unpaired) electrons. The average Bonchev–Trinajstić information content (AvgIpc) is 2.54. The Morgan fingerprint density at radius 1 is 0.917 bits per heavy atom. The monoisotopic (exact) mass is 351 g/mol. The van der Waals surface area contributed by atoms with Crippen LogP contribution in [0.5, 0.6) is 0 Å². The molecule has 6 heteroatoms. The zero-order valence-electron chi connectivity index (χ0n) is 14.9. The molecule has 0 heterocycles. The summed E-state index contributed by atoms with van der Waals surface area (Å²) in [6.07, 6.45) is 3.27. The van der Waals surface area contributed by atoms with Crippen LogP contribution in [0.3, 0.4) is 0 Å². The summed E-state index contributed by atoms with van der Waals surface area (Å²) >= 11 is 0. The second kappa shape index (κ2) is 21.9. The quantitative estimate of drug-likeness (QED) is 0.609. The summed E-state index contributed by atoms with van der Waals surface area (Å²) in [5.74, 6) is -0.179. The van der Waals surface area contributed by atoms with Crippen molar-refractivity contribution in [3.63, 3.8) is 0 Å². The Morgan fingerprint density at radius 3 is 1.67 bits per heavy atom. The molecule has 2 unspecified atom stereocenters. The van der Waals surface area contributed by atoms with Crippen LogP contribution in [0.4, 0.5) is 0 Å². The largest absolute Gasteiger partial charge is 0.469 e. The normalized spacial score (nSPS) is 11.6. The van der Waals surface area contributed by atoms with E-state index in [4.69, 9.17) is 9.47 Å². The Balaban J connectivity index is -0.000000154. The maximum absolute atomic E-state index is 10.7. The number of methoxy groups -OCH3 is 1. The molecule has 148 valence electrons. The number of carbonyl (C=O) groups is 2. The summed E-state index contributed by atoms with van der Waals surface area (Å²) < 4.78 is 15.0. The molecule has 24 heavy (non-hydrogen) atoms. The van der Waals surface area contributed by atoms with Crippen molar-refractivity contribution in [2.24, 2.45) is 0 Å². The summed E-state index contributed by atoms with van der Waals surface area (Å²) in [7, 11) is 3.01. The van der Waals surface area contributed by atoms with Gasteiger partial charge >= 0.3 is 5.97 Å². The molecule has 0 aromatic carbocycles. The number of hydrogen-bond acceptors (Lipinski definition) is 5. The molecule has 0 saturated heterocycles. The van der Waals surface area contributed by atoms with E-state index in [1.54, 1.807) is 7.05 Å².